The van der Waals surface area contributed by atoms with E-state index in [1.807, 2.05) is 45.0 Å². The van der Waals surface area contributed by atoms with Crippen molar-refractivity contribution >= 4 is 75.1 Å². The highest BCUT2D eigenvalue weighted by atomic mass is 31.2. The number of amides is 2. The summed E-state index contributed by atoms with van der Waals surface area (Å²) in [7, 11) is -2.92. The summed E-state index contributed by atoms with van der Waals surface area (Å²) in [6.07, 6.45) is 6.44. The first-order chi connectivity index (χ1) is 33.2. The predicted octanol–water partition coefficient (Wildman–Crippen LogP) is 7.45. The maximum atomic E-state index is 15.7. The van der Waals surface area contributed by atoms with E-state index in [2.05, 4.69) is 59.7 Å². The number of nitrogens with one attached hydrogen (secondary N) is 3. The van der Waals surface area contributed by atoms with Crippen LogP contribution >= 0.6 is 7.14 Å². The lowest BCUT2D eigenvalue weighted by molar-refractivity contribution is -0.135. The number of halogens is 1. The molecule has 1 unspecified atom stereocenters. The van der Waals surface area contributed by atoms with Gasteiger partial charge in [-0.3, -0.25) is 24.4 Å². The van der Waals surface area contributed by atoms with Crippen molar-refractivity contribution in [3.8, 4) is 5.75 Å². The van der Waals surface area contributed by atoms with E-state index < -0.39 is 30.7 Å². The number of hydrogen-bond acceptors (Lipinski definition) is 14. The lowest BCUT2D eigenvalue weighted by Gasteiger charge is -2.43. The van der Waals surface area contributed by atoms with E-state index >= 15 is 4.39 Å². The van der Waals surface area contributed by atoms with Crippen molar-refractivity contribution in [3.05, 3.63) is 93.5 Å². The molecule has 3 aromatic heterocycles. The Morgan fingerprint density at radius 3 is 2.39 bits per heavy atom. The van der Waals surface area contributed by atoms with Gasteiger partial charge in [0.15, 0.2) is 11.4 Å². The quantitative estimate of drug-likeness (QED) is 0.0683. The fourth-order valence-corrected chi connectivity index (χ4v) is 11.7. The van der Waals surface area contributed by atoms with E-state index in [1.165, 1.54) is 16.2 Å². The Hall–Kier alpha value is -6.16. The molecule has 3 aliphatic heterocycles. The highest BCUT2D eigenvalue weighted by Gasteiger charge is 2.33. The van der Waals surface area contributed by atoms with Gasteiger partial charge in [-0.15, -0.1) is 0 Å². The van der Waals surface area contributed by atoms with Crippen LogP contribution in [-0.2, 0) is 33.4 Å². The van der Waals surface area contributed by atoms with Crippen LogP contribution in [0.25, 0.3) is 22.0 Å². The smallest absolute Gasteiger partial charge is 0.420 e. The number of hydrogen-bond donors (Lipinski definition) is 3. The fourth-order valence-electron chi connectivity index (χ4n) is 10.2. The minimum atomic E-state index is -2.92. The number of ether oxygens (including phenoxy) is 1. The van der Waals surface area contributed by atoms with E-state index in [1.54, 1.807) is 25.6 Å². The molecule has 0 bridgehead atoms. The van der Waals surface area contributed by atoms with Crippen molar-refractivity contribution in [2.24, 2.45) is 0 Å². The number of carbonyl (C=O) groups excluding carboxylic acids is 2. The molecular weight excluding hydrogens is 899 g/mol. The van der Waals surface area contributed by atoms with Crippen LogP contribution in [0.5, 0.6) is 5.75 Å². The van der Waals surface area contributed by atoms with Gasteiger partial charge in [0.2, 0.25) is 17.8 Å². The zero-order valence-electron chi connectivity index (χ0n) is 40.4. The van der Waals surface area contributed by atoms with E-state index in [0.29, 0.717) is 70.5 Å². The first-order valence-electron chi connectivity index (χ1n) is 24.3. The van der Waals surface area contributed by atoms with E-state index in [4.69, 9.17) is 14.1 Å². The Morgan fingerprint density at radius 1 is 0.899 bits per heavy atom. The Kier molecular flexibility index (Phi) is 13.9. The molecule has 3 aliphatic rings. The van der Waals surface area contributed by atoms with Crippen LogP contribution < -0.4 is 36.6 Å². The SMILES string of the molecule is CCOc1cc(N2CCC(N3CCN(CCc4cccc5c4oc(=O)n5C4CCC(=O)NC4=O)CC3)CC2)c(CC)cc1Nc1ncc(C)c(Nc2cc(F)c3nc(CC)ccc3c2P(C)(C)=O)n1. The second-order valence-electron chi connectivity index (χ2n) is 18.7. The lowest BCUT2D eigenvalue weighted by Crippen LogP contribution is -2.53. The van der Waals surface area contributed by atoms with Gasteiger partial charge in [0.05, 0.1) is 23.5 Å². The van der Waals surface area contributed by atoms with Crippen LogP contribution in [0.2, 0.25) is 0 Å². The maximum Gasteiger partial charge on any atom is 0.420 e. The average molecular weight is 961 g/mol. The molecule has 3 saturated heterocycles. The van der Waals surface area contributed by atoms with Crippen LogP contribution in [0.15, 0.2) is 63.9 Å². The molecule has 1 atom stereocenters. The van der Waals surface area contributed by atoms with Crippen molar-refractivity contribution < 1.29 is 27.7 Å². The molecule has 3 fully saturated rings. The van der Waals surface area contributed by atoms with Gasteiger partial charge in [-0.2, -0.15) is 4.98 Å². The molecule has 2 amide bonds. The number of oxazole rings is 1. The molecule has 3 aromatic carbocycles. The summed E-state index contributed by atoms with van der Waals surface area (Å²) in [4.78, 5) is 58.9. The van der Waals surface area contributed by atoms with Crippen molar-refractivity contribution in [1.29, 1.82) is 0 Å². The third-order valence-electron chi connectivity index (χ3n) is 13.9. The number of nitrogens with zero attached hydrogens (tertiary/aromatic N) is 7. The number of piperazine rings is 1. The van der Waals surface area contributed by atoms with Crippen molar-refractivity contribution in [2.75, 3.05) is 81.3 Å². The summed E-state index contributed by atoms with van der Waals surface area (Å²) in [6, 6.07) is 14.7. The summed E-state index contributed by atoms with van der Waals surface area (Å²) in [5.74, 6) is -0.387. The second-order valence-corrected chi connectivity index (χ2v) is 21.9. The highest BCUT2D eigenvalue weighted by Crippen LogP contribution is 2.43. The van der Waals surface area contributed by atoms with E-state index in [-0.39, 0.29) is 24.3 Å². The number of piperidine rings is 2. The Bertz CT molecular complexity index is 3030. The minimum Gasteiger partial charge on any atom is -0.492 e. The van der Waals surface area contributed by atoms with E-state index in [0.717, 1.165) is 93.3 Å². The fraction of sp³-hybridized carbons (Fsp3) is 0.451. The van der Waals surface area contributed by atoms with Crippen LogP contribution in [0.4, 0.5) is 33.2 Å². The van der Waals surface area contributed by atoms with E-state index in [9.17, 15) is 18.9 Å². The standard InChI is InChI=1S/C51H62FN10O6P/c1-7-32-27-38(56-50-53-30-31(4)48(58-50)55-39-28-37(52)45-36(47(39)69(5,6)66)14-13-34(8-2)54-45)43(67-9-3)29-42(32)61-21-18-35(19-22-61)60-25-23-59(24-26-60)20-17-33-11-10-12-40-46(33)68-51(65)62(40)41-15-16-44(63)57-49(41)64/h10-14,27-30,35,41H,7-9,15-26H2,1-6H3,(H,57,63,64)(H2,53,55,56,58). The number of anilines is 5. The first-order valence-corrected chi connectivity index (χ1v) is 26.9. The number of rotatable bonds is 15. The Balaban J connectivity index is 0.833. The van der Waals surface area contributed by atoms with Crippen LogP contribution in [0.3, 0.4) is 0 Å². The summed E-state index contributed by atoms with van der Waals surface area (Å²) < 4.78 is 42.8. The topological polar surface area (TPSA) is 180 Å². The van der Waals surface area contributed by atoms with Gasteiger partial charge in [0.25, 0.3) is 0 Å². The molecule has 0 radical (unpaired) electrons. The number of carbonyl (C=O) groups is 2. The number of fused-ring (bicyclic) bond motifs is 2. The summed E-state index contributed by atoms with van der Waals surface area (Å²) >= 11 is 0. The first kappa shape index (κ1) is 47.9. The zero-order valence-corrected chi connectivity index (χ0v) is 41.3. The molecule has 69 heavy (non-hydrogen) atoms. The number of aromatic nitrogens is 4. The van der Waals surface area contributed by atoms with Crippen molar-refractivity contribution in [1.82, 2.24) is 34.6 Å². The monoisotopic (exact) mass is 960 g/mol. The summed E-state index contributed by atoms with van der Waals surface area (Å²) in [5.41, 5.74) is 7.19. The lowest BCUT2D eigenvalue weighted by atomic mass is 9.99. The Labute approximate surface area is 401 Å². The van der Waals surface area contributed by atoms with Crippen LogP contribution in [-0.4, -0.2) is 113 Å². The van der Waals surface area contributed by atoms with Gasteiger partial charge in [0.1, 0.15) is 30.3 Å². The second kappa shape index (κ2) is 20.1. The third-order valence-corrected chi connectivity index (χ3v) is 15.4. The molecule has 364 valence electrons. The predicted molar refractivity (Wildman–Crippen MR) is 269 cm³/mol. The molecule has 0 saturated carbocycles. The third kappa shape index (κ3) is 10.00. The van der Waals surface area contributed by atoms with Gasteiger partial charge < -0.3 is 34.2 Å². The number of imide groups is 1. The average Bonchev–Trinajstić information content (AvgIpc) is 3.67. The van der Waals surface area contributed by atoms with Gasteiger partial charge in [-0.05, 0) is 95.0 Å². The zero-order chi connectivity index (χ0) is 48.6. The maximum absolute atomic E-state index is 15.7. The van der Waals surface area contributed by atoms with Gasteiger partial charge >= 0.3 is 5.76 Å². The van der Waals surface area contributed by atoms with Gasteiger partial charge in [-0.25, -0.2) is 19.2 Å². The molecule has 3 N–H and O–H groups in total. The highest BCUT2D eigenvalue weighted by molar-refractivity contribution is 7.71. The molecule has 16 nitrogen and oxygen atoms in total. The molecule has 9 rings (SSSR count). The number of pyridine rings is 1. The van der Waals surface area contributed by atoms with Crippen molar-refractivity contribution in [2.45, 2.75) is 84.7 Å². The largest absolute Gasteiger partial charge is 0.492 e. The minimum absolute atomic E-state index is 0.182. The normalized spacial score (nSPS) is 17.7. The summed E-state index contributed by atoms with van der Waals surface area (Å²) in [6.45, 7) is 18.3. The number of aryl methyl sites for hydroxylation is 3. The van der Waals surface area contributed by atoms with Crippen molar-refractivity contribution in [3.63, 3.8) is 0 Å². The number of benzene rings is 3. The molecular formula is C51H62FN10O6P. The molecule has 6 heterocycles. The van der Waals surface area contributed by atoms with Crippen LogP contribution in [0, 0.1) is 12.7 Å². The molecule has 18 heteroatoms. The molecule has 6 aromatic rings. The molecule has 0 aliphatic carbocycles. The Morgan fingerprint density at radius 2 is 1.68 bits per heavy atom. The number of para-hydroxylation sites is 1. The van der Waals surface area contributed by atoms with Gasteiger partial charge in [-0.1, -0.05) is 32.0 Å². The van der Waals surface area contributed by atoms with Crippen LogP contribution in [0.1, 0.15) is 74.9 Å². The summed E-state index contributed by atoms with van der Waals surface area (Å²) in [5, 5.41) is 10.1. The van der Waals surface area contributed by atoms with Gasteiger partial charge in [0, 0.05) is 104 Å². The molecule has 0 spiro atoms.